The summed E-state index contributed by atoms with van der Waals surface area (Å²) in [6.45, 7) is 8.03. The number of benzene rings is 2. The number of alkyl halides is 12. The van der Waals surface area contributed by atoms with Gasteiger partial charge in [-0.3, -0.25) is 19.9 Å². The van der Waals surface area contributed by atoms with E-state index in [1.54, 1.807) is 0 Å². The van der Waals surface area contributed by atoms with E-state index in [0.717, 1.165) is 74.6 Å². The van der Waals surface area contributed by atoms with Gasteiger partial charge in [0.1, 0.15) is 0 Å². The van der Waals surface area contributed by atoms with Gasteiger partial charge in [0, 0.05) is 44.3 Å². The minimum atomic E-state index is -6.72. The van der Waals surface area contributed by atoms with Gasteiger partial charge in [0.05, 0.1) is 22.1 Å². The number of hydrogen-bond donors (Lipinski definition) is 0. The van der Waals surface area contributed by atoms with E-state index in [2.05, 4.69) is 68.5 Å². The van der Waals surface area contributed by atoms with Gasteiger partial charge in [-0.1, -0.05) is 48.5 Å². The molecule has 4 heterocycles. The molecule has 2 aromatic carbocycles. The van der Waals surface area contributed by atoms with Gasteiger partial charge < -0.3 is 8.25 Å². The maximum Gasteiger partial charge on any atom is 2.00 e. The molecule has 6 aromatic rings. The molecule has 1 radical (unpaired) electrons. The second kappa shape index (κ2) is 19.3. The van der Waals surface area contributed by atoms with Crippen LogP contribution in [0.2, 0.25) is 0 Å². The van der Waals surface area contributed by atoms with Crippen LogP contribution in [0.15, 0.2) is 72.8 Å². The minimum absolute atomic E-state index is 0. The zero-order valence-electron chi connectivity index (χ0n) is 31.3. The summed E-state index contributed by atoms with van der Waals surface area (Å²) in [7, 11) is -26.9. The van der Waals surface area contributed by atoms with Crippen LogP contribution < -0.4 is 0 Å². The van der Waals surface area contributed by atoms with Crippen molar-refractivity contribution < 1.29 is 103 Å². The summed E-state index contributed by atoms with van der Waals surface area (Å²) < 4.78 is 218. The Hall–Kier alpha value is -4.52. The Balaban J connectivity index is 0.000000288. The number of hydrogen-bond acceptors (Lipinski definition) is 12. The molecule has 0 atom stereocenters. The quantitative estimate of drug-likeness (QED) is 0.0919. The van der Waals surface area contributed by atoms with Crippen LogP contribution in [0, 0.1) is 27.7 Å². The summed E-state index contributed by atoms with van der Waals surface area (Å²) in [5, 5.41) is 4.60. The van der Waals surface area contributed by atoms with Crippen molar-refractivity contribution in [3.63, 3.8) is 0 Å². The van der Waals surface area contributed by atoms with Crippen molar-refractivity contribution in [2.75, 3.05) is 0 Å². The summed E-state index contributed by atoms with van der Waals surface area (Å²) in [5.41, 5.74) is -16.7. The molecule has 0 unspecified atom stereocenters. The van der Waals surface area contributed by atoms with E-state index in [1.807, 2.05) is 52.0 Å². The molecule has 4 aromatic heterocycles. The Morgan fingerprint density at radius 2 is 0.476 bits per heavy atom. The van der Waals surface area contributed by atoms with Gasteiger partial charge in [0.15, 0.2) is 40.1 Å². The molecule has 63 heavy (non-hydrogen) atoms. The average molecular weight is 1040 g/mol. The Kier molecular flexibility index (Phi) is 16.7. The summed E-state index contributed by atoms with van der Waals surface area (Å²) >= 11 is 0. The van der Waals surface area contributed by atoms with Crippen molar-refractivity contribution in [1.82, 2.24) is 19.9 Å². The third-order valence-electron chi connectivity index (χ3n) is 7.16. The van der Waals surface area contributed by atoms with E-state index in [0.29, 0.717) is 0 Å². The van der Waals surface area contributed by atoms with Crippen molar-refractivity contribution in [2.24, 2.45) is 0 Å². The van der Waals surface area contributed by atoms with Gasteiger partial charge in [-0.2, -0.15) is 52.7 Å². The van der Waals surface area contributed by atoms with Crippen LogP contribution in [-0.4, -0.2) is 75.6 Å². The summed E-state index contributed by atoms with van der Waals surface area (Å²) in [5.74, 6) is 0. The number of nitrogens with zero attached hydrogens (tertiary/aromatic N) is 6. The smallest absolute Gasteiger partial charge is 0.421 e. The fraction of sp³-hybridized carbons (Fsp3) is 0.250. The molecule has 0 saturated carbocycles. The van der Waals surface area contributed by atoms with Gasteiger partial charge in [-0.25, -0.2) is 33.7 Å². The number of aromatic nitrogens is 4. The first-order valence-electron chi connectivity index (χ1n) is 15.9. The monoisotopic (exact) mass is 1040 g/mol. The summed E-state index contributed by atoms with van der Waals surface area (Å²) in [6, 6.07) is 24.9. The first kappa shape index (κ1) is 54.6. The van der Waals surface area contributed by atoms with Crippen molar-refractivity contribution in [1.29, 1.82) is 0 Å². The Morgan fingerprint density at radius 1 is 0.333 bits per heavy atom. The van der Waals surface area contributed by atoms with E-state index >= 15 is 0 Å². The number of rotatable bonds is 4. The molecule has 0 aliphatic rings. The Bertz CT molecular complexity index is 2690. The van der Waals surface area contributed by atoms with Crippen LogP contribution in [0.1, 0.15) is 22.8 Å². The molecule has 0 amide bonds. The third kappa shape index (κ3) is 13.7. The molecule has 31 heteroatoms. The Morgan fingerprint density at radius 3 is 0.619 bits per heavy atom. The van der Waals surface area contributed by atoms with E-state index in [9.17, 15) is 86.4 Å². The minimum Gasteiger partial charge on any atom is -0.421 e. The second-order valence-corrected chi connectivity index (χ2v) is 18.9. The van der Waals surface area contributed by atoms with E-state index in [1.165, 1.54) is 0 Å². The normalized spacial score (nSPS) is 13.0. The van der Waals surface area contributed by atoms with E-state index < -0.39 is 62.1 Å². The average Bonchev–Trinajstić information content (AvgIpc) is 3.09. The maximum absolute atomic E-state index is 11.4. The largest absolute Gasteiger partial charge is 2.00 e. The molecular weight excluding hydrogens is 1020 g/mol. The zero-order valence-corrected chi connectivity index (χ0v) is 35.6. The van der Waals surface area contributed by atoms with E-state index in [-0.39, 0.29) is 17.1 Å². The predicted molar refractivity (Wildman–Crippen MR) is 200 cm³/mol. The van der Waals surface area contributed by atoms with Crippen LogP contribution in [-0.2, 0) is 57.2 Å². The molecule has 0 fully saturated rings. The van der Waals surface area contributed by atoms with Crippen molar-refractivity contribution in [3.8, 4) is 0 Å². The molecule has 349 valence electrons. The van der Waals surface area contributed by atoms with Gasteiger partial charge in [-0.15, -0.1) is 0 Å². The van der Waals surface area contributed by atoms with Crippen LogP contribution in [0.3, 0.4) is 0 Å². The molecule has 0 spiro atoms. The molecular formula is C32H24CuF12N6O8S4. The molecule has 6 rings (SSSR count). The summed E-state index contributed by atoms with van der Waals surface area (Å²) in [4.78, 5) is 18.3. The van der Waals surface area contributed by atoms with Gasteiger partial charge in [0.25, 0.3) is 0 Å². The molecule has 0 saturated heterocycles. The first-order valence-corrected chi connectivity index (χ1v) is 21.7. The van der Waals surface area contributed by atoms with E-state index in [4.69, 9.17) is 0 Å². The molecule has 0 aliphatic carbocycles. The topological polar surface area (TPSA) is 216 Å². The van der Waals surface area contributed by atoms with Crippen molar-refractivity contribution in [2.45, 2.75) is 49.7 Å². The van der Waals surface area contributed by atoms with Crippen LogP contribution in [0.25, 0.3) is 51.9 Å². The number of sulfonamides is 4. The SMILES string of the molecule is Cc1ccc2ccc3ccc(C)nc3c2n1.Cc1ccc2ccc3ccc(C)nc3c2n1.O=S(=O)([N-]S(=O)(=O)C(F)(F)F)C(F)(F)F.O=S(=O)([N-]S(=O)(=O)C(F)(F)F)C(F)(F)F.[Cu+2]. The predicted octanol–water partition coefficient (Wildman–Crippen LogP) is 8.92. The molecule has 0 N–H and O–H groups in total. The maximum atomic E-state index is 11.4. The fourth-order valence-electron chi connectivity index (χ4n) is 4.35. The molecule has 0 bridgehead atoms. The van der Waals surface area contributed by atoms with Gasteiger partial charge >= 0.3 is 39.1 Å². The second-order valence-electron chi connectivity index (χ2n) is 12.1. The number of fused-ring (bicyclic) bond motifs is 6. The number of pyridine rings is 4. The molecule has 0 aliphatic heterocycles. The van der Waals surface area contributed by atoms with Crippen LogP contribution in [0.5, 0.6) is 0 Å². The zero-order chi connectivity index (χ0) is 47.7. The Labute approximate surface area is 359 Å². The number of halogens is 12. The third-order valence-corrected chi connectivity index (χ3v) is 12.6. The summed E-state index contributed by atoms with van der Waals surface area (Å²) in [6.07, 6.45) is 0. The first-order chi connectivity index (χ1) is 27.9. The van der Waals surface area contributed by atoms with Gasteiger partial charge in [0.2, 0.25) is 0 Å². The van der Waals surface area contributed by atoms with Crippen LogP contribution in [0.4, 0.5) is 52.7 Å². The standard InChI is InChI=1S/2C14H12N2.2C2F6NO4S2.Cu/c2*1-9-3-5-11-7-8-12-6-4-10(2)16-14(12)13(11)15-9;2*3-1(4,5)14(10,11)9-15(12,13)2(6,7)8;/h2*3-8H,1-2H3;;;/q;;2*-1;+2. The van der Waals surface area contributed by atoms with Gasteiger partial charge in [-0.05, 0) is 52.0 Å². The fourth-order valence-corrected chi connectivity index (χ4v) is 7.77. The number of aryl methyl sites for hydroxylation is 4. The molecule has 14 nitrogen and oxygen atoms in total. The van der Waals surface area contributed by atoms with Crippen LogP contribution >= 0.6 is 0 Å². The van der Waals surface area contributed by atoms with Crippen molar-refractivity contribution in [3.05, 3.63) is 104 Å². The van der Waals surface area contributed by atoms with Crippen molar-refractivity contribution >= 4 is 83.7 Å².